The number of nitrogens with one attached hydrogen (secondary N) is 1. The van der Waals surface area contributed by atoms with Crippen molar-refractivity contribution in [1.29, 1.82) is 0 Å². The highest BCUT2D eigenvalue weighted by atomic mass is 16.7. The third-order valence-corrected chi connectivity index (χ3v) is 16.5. The minimum absolute atomic E-state index is 0.0161. The first kappa shape index (κ1) is 58.3. The normalized spacial score (nSPS) is 27.8. The standard InChI is InChI=1S/C61H72N4O16/c1-31-11-10-12-32(2)59(72)63-50-54(70)46-45(47-56(36(6)53(46)69)81-61(8,58(47)71)78-24-19-42(75-9)33(3)55(79-37(7)66)35(5)52(68)34(4)51(31)67)49-57(50)80-44-28-41(65-20-17-40(18-21-65)60(73)74)27-43(48(44)62-49)77-30-39-15-13-38(14-16-39)29-64-22-25-76-26-23-64/h10-16,19,24,27-28,31,33-35,40,42,51-52,55,67-69H,17-18,20-23,25-26,29-30H2,1-9H3,(H,63,72)(H,73,74)/b11-10+,24-19+,32-12-/t31-,33+,34+,35+,42-,51-,52+,55+,61-/m0/s1. The Morgan fingerprint density at radius 1 is 0.901 bits per heavy atom. The Kier molecular flexibility index (Phi) is 17.3. The second kappa shape index (κ2) is 24.0. The van der Waals surface area contributed by atoms with Gasteiger partial charge in [-0.1, -0.05) is 70.2 Å². The van der Waals surface area contributed by atoms with E-state index in [9.17, 15) is 34.8 Å². The van der Waals surface area contributed by atoms with Crippen molar-refractivity contribution in [1.82, 2.24) is 9.88 Å². The molecule has 0 unspecified atom stereocenters. The zero-order valence-electron chi connectivity index (χ0n) is 47.1. The van der Waals surface area contributed by atoms with E-state index in [1.807, 2.05) is 29.2 Å². The number of fused-ring (bicyclic) bond motifs is 2. The molecule has 0 aromatic heterocycles. The second-order valence-electron chi connectivity index (χ2n) is 22.1. The molecule has 0 radical (unpaired) electrons. The third-order valence-electron chi connectivity index (χ3n) is 16.5. The average Bonchev–Trinajstić information content (AvgIpc) is 2.20. The third kappa shape index (κ3) is 11.7. The molecule has 9 rings (SSSR count). The topological polar surface area (TPSA) is 266 Å². The van der Waals surface area contributed by atoms with Gasteiger partial charge in [0.2, 0.25) is 5.43 Å². The molecule has 4 bridgehead atoms. The van der Waals surface area contributed by atoms with Gasteiger partial charge < -0.3 is 63.5 Å². The average molecular weight is 1120 g/mol. The van der Waals surface area contributed by atoms with Gasteiger partial charge in [-0.15, -0.1) is 0 Å². The largest absolute Gasteiger partial charge is 0.507 e. The number of hydrogen-bond acceptors (Lipinski definition) is 18. The van der Waals surface area contributed by atoms with E-state index in [4.69, 9.17) is 37.8 Å². The molecule has 9 atom stereocenters. The summed E-state index contributed by atoms with van der Waals surface area (Å²) < 4.78 is 43.2. The molecule has 20 heteroatoms. The lowest BCUT2D eigenvalue weighted by Crippen LogP contribution is -2.46. The number of carbonyl (C=O) groups is 4. The molecule has 20 nitrogen and oxygen atoms in total. The SMILES string of the molecule is CO[C@H]1/C=C/O[C@@]2(C)Oc3c(C)c(O)c4c(=O)c(c5oc6cc(N7CCC(C(=O)O)CC7)cc(OCc7ccc(CN8CCOCC8)cc7)c6nc-5c4c3C2=O)NC(=O)/C(C)=C\C=C\[C@H](C)[C@H](O)[C@@H](C)[C@@H](O)[C@@H](C)[C@H](OC(C)=O)[C@@H]1C. The van der Waals surface area contributed by atoms with E-state index in [1.54, 1.807) is 52.0 Å². The number of esters is 1. The van der Waals surface area contributed by atoms with E-state index in [1.165, 1.54) is 53.2 Å². The second-order valence-corrected chi connectivity index (χ2v) is 22.1. The maximum atomic E-state index is 15.2. The Balaban J connectivity index is 1.22. The van der Waals surface area contributed by atoms with Gasteiger partial charge in [-0.3, -0.25) is 28.9 Å². The van der Waals surface area contributed by atoms with Crippen LogP contribution in [-0.4, -0.2) is 131 Å². The number of carboxylic acids is 1. The molecule has 5 N–H and O–H groups in total. The number of aromatic nitrogens is 1. The quantitative estimate of drug-likeness (QED) is 0.0538. The molecule has 0 saturated carbocycles. The van der Waals surface area contributed by atoms with Crippen molar-refractivity contribution >= 4 is 56.9 Å². The Morgan fingerprint density at radius 3 is 2.26 bits per heavy atom. The fourth-order valence-electron chi connectivity index (χ4n) is 11.5. The lowest BCUT2D eigenvalue weighted by Gasteiger charge is -2.38. The van der Waals surface area contributed by atoms with Crippen LogP contribution in [-0.2, 0) is 46.5 Å². The van der Waals surface area contributed by atoms with Gasteiger partial charge in [0.15, 0.2) is 17.1 Å². The summed E-state index contributed by atoms with van der Waals surface area (Å²) in [4.78, 5) is 78.8. The number of hydrogen-bond donors (Lipinski definition) is 5. The number of methoxy groups -OCH3 is 1. The molecular weight excluding hydrogens is 1040 g/mol. The molecule has 3 aromatic rings. The maximum absolute atomic E-state index is 15.2. The predicted octanol–water partition coefficient (Wildman–Crippen LogP) is 7.66. The Morgan fingerprint density at radius 2 is 1.59 bits per heavy atom. The van der Waals surface area contributed by atoms with Gasteiger partial charge in [-0.05, 0) is 43.9 Å². The fraction of sp³-hybridized carbons (Fsp3) is 0.475. The van der Waals surface area contributed by atoms with Crippen LogP contribution in [0.3, 0.4) is 0 Å². The first-order valence-corrected chi connectivity index (χ1v) is 27.5. The van der Waals surface area contributed by atoms with E-state index < -0.39 is 100 Å². The first-order chi connectivity index (χ1) is 38.6. The summed E-state index contributed by atoms with van der Waals surface area (Å²) >= 11 is 0. The van der Waals surface area contributed by atoms with Crippen LogP contribution < -0.4 is 25.1 Å². The van der Waals surface area contributed by atoms with E-state index >= 15 is 9.59 Å². The zero-order chi connectivity index (χ0) is 58.2. The van der Waals surface area contributed by atoms with Crippen LogP contribution in [0.1, 0.15) is 88.4 Å². The monoisotopic (exact) mass is 1120 g/mol. The lowest BCUT2D eigenvalue weighted by molar-refractivity contribution is -0.160. The van der Waals surface area contributed by atoms with Crippen LogP contribution in [0.25, 0.3) is 33.3 Å². The van der Waals surface area contributed by atoms with Crippen LogP contribution in [0, 0.1) is 36.5 Å². The number of ether oxygens (including phenoxy) is 6. The number of aliphatic hydroxyl groups excluding tert-OH is 2. The predicted molar refractivity (Wildman–Crippen MR) is 300 cm³/mol. The van der Waals surface area contributed by atoms with Gasteiger partial charge in [0.25, 0.3) is 11.7 Å². The van der Waals surface area contributed by atoms with Gasteiger partial charge in [-0.2, -0.15) is 0 Å². The number of carbonyl (C=O) groups excluding carboxylic acids is 3. The highest BCUT2D eigenvalue weighted by Crippen LogP contribution is 2.51. The number of allylic oxidation sites excluding steroid dienone is 2. The van der Waals surface area contributed by atoms with E-state index in [0.717, 1.165) is 30.8 Å². The van der Waals surface area contributed by atoms with Gasteiger partial charge in [0.1, 0.15) is 41.1 Å². The summed E-state index contributed by atoms with van der Waals surface area (Å²) in [7, 11) is 1.44. The molecular formula is C61H72N4O16. The summed E-state index contributed by atoms with van der Waals surface area (Å²) in [5, 5.41) is 47.5. The number of phenolic OH excluding ortho intramolecular Hbond substituents is 1. The molecule has 0 spiro atoms. The highest BCUT2D eigenvalue weighted by Gasteiger charge is 2.50. The van der Waals surface area contributed by atoms with Crippen LogP contribution in [0.4, 0.5) is 11.4 Å². The number of aromatic hydroxyl groups is 1. The Labute approximate surface area is 469 Å². The summed E-state index contributed by atoms with van der Waals surface area (Å²) in [6.07, 6.45) is 4.14. The smallest absolute Gasteiger partial charge is 0.312 e. The summed E-state index contributed by atoms with van der Waals surface area (Å²) in [5.74, 6) is -8.96. The molecule has 2 fully saturated rings. The van der Waals surface area contributed by atoms with Crippen molar-refractivity contribution < 1.29 is 72.4 Å². The van der Waals surface area contributed by atoms with Gasteiger partial charge in [0.05, 0.1) is 54.7 Å². The van der Waals surface area contributed by atoms with E-state index in [0.29, 0.717) is 44.8 Å². The van der Waals surface area contributed by atoms with E-state index in [-0.39, 0.29) is 68.1 Å². The number of piperidine rings is 1. The summed E-state index contributed by atoms with van der Waals surface area (Å²) in [6, 6.07) is 11.5. The molecule has 1 aliphatic carbocycles. The number of morpholine rings is 1. The molecule has 5 heterocycles. The number of amides is 1. The summed E-state index contributed by atoms with van der Waals surface area (Å²) in [5.41, 5.74) is 1.40. The number of Topliss-reactive ketones (excluding diaryl/α,β-unsaturated/α-hetero) is 1. The number of ketones is 1. The van der Waals surface area contributed by atoms with Gasteiger partial charge in [0, 0.05) is 112 Å². The number of nitrogens with zero attached hydrogens (tertiary/aromatic N) is 3. The molecule has 5 aliphatic heterocycles. The van der Waals surface area contributed by atoms with Crippen LogP contribution >= 0.6 is 0 Å². The minimum Gasteiger partial charge on any atom is -0.507 e. The van der Waals surface area contributed by atoms with Crippen LogP contribution in [0.5, 0.6) is 17.2 Å². The number of benzene rings is 4. The van der Waals surface area contributed by atoms with Crippen molar-refractivity contribution in [3.05, 3.63) is 105 Å². The molecule has 2 saturated heterocycles. The molecule has 432 valence electrons. The molecule has 1 amide bonds. The van der Waals surface area contributed by atoms with Crippen molar-refractivity contribution in [3.63, 3.8) is 0 Å². The Hall–Kier alpha value is -7.36. The van der Waals surface area contributed by atoms with Crippen molar-refractivity contribution in [2.75, 3.05) is 56.7 Å². The first-order valence-electron chi connectivity index (χ1n) is 27.5. The molecule has 3 aromatic carbocycles. The van der Waals surface area contributed by atoms with Crippen molar-refractivity contribution in [2.24, 2.45) is 29.6 Å². The number of aliphatic carboxylic acids is 1. The van der Waals surface area contributed by atoms with Gasteiger partial charge >= 0.3 is 17.7 Å². The summed E-state index contributed by atoms with van der Waals surface area (Å²) in [6.45, 7) is 17.2. The lowest BCUT2D eigenvalue weighted by atomic mass is 9.78. The van der Waals surface area contributed by atoms with Crippen molar-refractivity contribution in [2.45, 2.75) is 112 Å². The number of carboxylic acid groups (broad SMARTS) is 1. The van der Waals surface area contributed by atoms with Crippen LogP contribution in [0.2, 0.25) is 0 Å². The zero-order valence-corrected chi connectivity index (χ0v) is 47.1. The maximum Gasteiger partial charge on any atom is 0.312 e. The molecule has 6 aliphatic rings. The minimum atomic E-state index is -2.12. The number of aliphatic hydroxyl groups is 2. The Bertz CT molecular complexity index is 3340. The molecule has 81 heavy (non-hydrogen) atoms. The number of anilines is 2. The number of rotatable bonds is 9. The number of phenols is 1. The van der Waals surface area contributed by atoms with Crippen molar-refractivity contribution in [3.8, 4) is 28.7 Å². The van der Waals surface area contributed by atoms with E-state index in [2.05, 4.69) is 10.2 Å². The highest BCUT2D eigenvalue weighted by molar-refractivity contribution is 6.22. The van der Waals surface area contributed by atoms with Gasteiger partial charge in [-0.25, -0.2) is 4.98 Å². The fourth-order valence-corrected chi connectivity index (χ4v) is 11.5. The van der Waals surface area contributed by atoms with Crippen LogP contribution in [0.15, 0.2) is 81.7 Å².